The molecule has 0 spiro atoms. The average molecular weight is 421 g/mol. The molecule has 0 unspecified atom stereocenters. The Bertz CT molecular complexity index is 924. The molecule has 0 bridgehead atoms. The molecule has 4 nitrogen and oxygen atoms in total. The van der Waals surface area contributed by atoms with Crippen LogP contribution in [0.25, 0.3) is 0 Å². The highest BCUT2D eigenvalue weighted by atomic mass is 28.3. The fourth-order valence-corrected chi connectivity index (χ4v) is 5.98. The van der Waals surface area contributed by atoms with E-state index in [9.17, 15) is 0 Å². The summed E-state index contributed by atoms with van der Waals surface area (Å²) in [5, 5.41) is 5.32. The summed E-state index contributed by atoms with van der Waals surface area (Å²) in [7, 11) is 7.01. The lowest BCUT2D eigenvalue weighted by atomic mass is 10.0. The number of hydrazone groups is 1. The molecule has 160 valence electrons. The third-order valence-corrected chi connectivity index (χ3v) is 7.01. The van der Waals surface area contributed by atoms with Gasteiger partial charge in [-0.25, -0.2) is 0 Å². The van der Waals surface area contributed by atoms with Gasteiger partial charge in [0, 0.05) is 24.2 Å². The van der Waals surface area contributed by atoms with Crippen LogP contribution in [0.15, 0.2) is 41.5 Å². The van der Waals surface area contributed by atoms with Crippen molar-refractivity contribution in [3.05, 3.63) is 64.2 Å². The molecule has 0 saturated heterocycles. The highest BCUT2D eigenvalue weighted by Gasteiger charge is 2.24. The Morgan fingerprint density at radius 3 is 1.73 bits per heavy atom. The van der Waals surface area contributed by atoms with Gasteiger partial charge in [0.1, 0.15) is 0 Å². The molecule has 0 atom stereocenters. The maximum Gasteiger partial charge on any atom is 0.0784 e. The predicted molar refractivity (Wildman–Crippen MR) is 133 cm³/mol. The van der Waals surface area contributed by atoms with Crippen molar-refractivity contribution in [1.82, 2.24) is 9.80 Å². The summed E-state index contributed by atoms with van der Waals surface area (Å²) in [4.78, 5) is 4.49. The van der Waals surface area contributed by atoms with Gasteiger partial charge < -0.3 is 15.6 Å². The first kappa shape index (κ1) is 23.9. The van der Waals surface area contributed by atoms with Crippen molar-refractivity contribution < 1.29 is 0 Å². The maximum absolute atomic E-state index is 5.37. The van der Waals surface area contributed by atoms with Crippen LogP contribution in [-0.2, 0) is 13.1 Å². The lowest BCUT2D eigenvalue weighted by Crippen LogP contribution is -2.44. The van der Waals surface area contributed by atoms with Crippen LogP contribution >= 0.6 is 0 Å². The van der Waals surface area contributed by atoms with E-state index in [1.807, 2.05) is 31.2 Å². The van der Waals surface area contributed by atoms with E-state index in [4.69, 9.17) is 5.84 Å². The molecule has 0 fully saturated rings. The highest BCUT2D eigenvalue weighted by Crippen LogP contribution is 2.17. The van der Waals surface area contributed by atoms with Crippen molar-refractivity contribution in [1.29, 1.82) is 0 Å². The Hall–Kier alpha value is -2.39. The second kappa shape index (κ2) is 10.1. The molecule has 0 saturated carbocycles. The van der Waals surface area contributed by atoms with Crippen molar-refractivity contribution in [3.8, 4) is 11.8 Å². The Morgan fingerprint density at radius 1 is 0.867 bits per heavy atom. The number of benzene rings is 2. The molecule has 0 aliphatic carbocycles. The molecule has 0 aliphatic heterocycles. The standard InChI is InChI=1S/C25H36N4Si/c1-19(27-26)22-13-11-20(12-14-22)9-10-21-15-23(17-28(2)3)25(30(6,7)8)24(16-21)18-29(4)5/h11-16H,17-18,26H2,1-8H3/b27-19+. The third kappa shape index (κ3) is 6.56. The zero-order valence-corrected chi connectivity index (χ0v) is 20.8. The molecule has 30 heavy (non-hydrogen) atoms. The van der Waals surface area contributed by atoms with Crippen molar-refractivity contribution in [2.45, 2.75) is 39.7 Å². The van der Waals surface area contributed by atoms with E-state index in [2.05, 4.69) is 86.7 Å². The van der Waals surface area contributed by atoms with Crippen LogP contribution in [0, 0.1) is 11.8 Å². The van der Waals surface area contributed by atoms with E-state index in [0.29, 0.717) is 0 Å². The molecule has 0 radical (unpaired) electrons. The largest absolute Gasteiger partial charge is 0.323 e. The Morgan fingerprint density at radius 2 is 1.33 bits per heavy atom. The van der Waals surface area contributed by atoms with Crippen LogP contribution in [0.4, 0.5) is 0 Å². The second-order valence-corrected chi connectivity index (χ2v) is 14.4. The fourth-order valence-electron chi connectivity index (χ4n) is 3.75. The molecule has 0 amide bonds. The van der Waals surface area contributed by atoms with Crippen molar-refractivity contribution in [2.75, 3.05) is 28.2 Å². The predicted octanol–water partition coefficient (Wildman–Crippen LogP) is 3.44. The van der Waals surface area contributed by atoms with Gasteiger partial charge in [0.25, 0.3) is 0 Å². The first-order chi connectivity index (χ1) is 14.0. The SMILES string of the molecule is C/C(=N\N)c1ccc(C#Cc2cc(CN(C)C)c([Si](C)(C)C)c(CN(C)C)c2)cc1. The van der Waals surface area contributed by atoms with E-state index in [0.717, 1.165) is 35.5 Å². The van der Waals surface area contributed by atoms with Gasteiger partial charge in [-0.3, -0.25) is 0 Å². The lowest BCUT2D eigenvalue weighted by molar-refractivity contribution is 0.397. The monoisotopic (exact) mass is 420 g/mol. The van der Waals surface area contributed by atoms with E-state index < -0.39 is 8.07 Å². The first-order valence-corrected chi connectivity index (χ1v) is 13.8. The summed E-state index contributed by atoms with van der Waals surface area (Å²) in [5.74, 6) is 12.1. The number of rotatable bonds is 6. The van der Waals surface area contributed by atoms with Gasteiger partial charge in [-0.1, -0.05) is 48.8 Å². The Balaban J connectivity index is 2.52. The van der Waals surface area contributed by atoms with Gasteiger partial charge >= 0.3 is 0 Å². The van der Waals surface area contributed by atoms with Crippen molar-refractivity contribution in [3.63, 3.8) is 0 Å². The fraction of sp³-hybridized carbons (Fsp3) is 0.400. The third-order valence-electron chi connectivity index (χ3n) is 4.87. The van der Waals surface area contributed by atoms with Gasteiger partial charge in [-0.05, 0) is 76.1 Å². The van der Waals surface area contributed by atoms with Crippen molar-refractivity contribution in [2.24, 2.45) is 10.9 Å². The van der Waals surface area contributed by atoms with Gasteiger partial charge in [0.15, 0.2) is 0 Å². The summed E-state index contributed by atoms with van der Waals surface area (Å²) in [6.07, 6.45) is 0. The first-order valence-electron chi connectivity index (χ1n) is 10.3. The van der Waals surface area contributed by atoms with Gasteiger partial charge in [-0.15, -0.1) is 0 Å². The van der Waals surface area contributed by atoms with Gasteiger partial charge in [0.05, 0.1) is 13.8 Å². The quantitative estimate of drug-likeness (QED) is 0.256. The van der Waals surface area contributed by atoms with Gasteiger partial charge in [0.2, 0.25) is 0 Å². The molecule has 5 heteroatoms. The molecule has 2 aromatic rings. The molecule has 0 heterocycles. The number of hydrogen-bond donors (Lipinski definition) is 1. The average Bonchev–Trinajstić information content (AvgIpc) is 2.64. The molecular formula is C25H36N4Si. The van der Waals surface area contributed by atoms with E-state index in [1.165, 1.54) is 11.1 Å². The highest BCUT2D eigenvalue weighted by molar-refractivity contribution is 6.89. The number of nitrogens with zero attached hydrogens (tertiary/aromatic N) is 3. The molecule has 0 aromatic heterocycles. The van der Waals surface area contributed by atoms with Crippen LogP contribution < -0.4 is 11.0 Å². The van der Waals surface area contributed by atoms with Crippen molar-refractivity contribution >= 4 is 19.0 Å². The van der Waals surface area contributed by atoms with Crippen LogP contribution in [0.2, 0.25) is 19.6 Å². The minimum atomic E-state index is -1.51. The summed E-state index contributed by atoms with van der Waals surface area (Å²) in [6, 6.07) is 12.7. The molecule has 2 rings (SSSR count). The number of hydrogen-bond acceptors (Lipinski definition) is 4. The summed E-state index contributed by atoms with van der Waals surface area (Å²) in [5.41, 5.74) is 6.72. The van der Waals surface area contributed by atoms with E-state index >= 15 is 0 Å². The maximum atomic E-state index is 5.37. The minimum absolute atomic E-state index is 0.818. The molecular weight excluding hydrogens is 384 g/mol. The van der Waals surface area contributed by atoms with Crippen LogP contribution in [0.5, 0.6) is 0 Å². The summed E-state index contributed by atoms with van der Waals surface area (Å²) < 4.78 is 0. The van der Waals surface area contributed by atoms with Gasteiger partial charge in [-0.2, -0.15) is 5.10 Å². The summed E-state index contributed by atoms with van der Waals surface area (Å²) in [6.45, 7) is 11.1. The Labute approximate surface area is 183 Å². The normalized spacial score (nSPS) is 12.3. The van der Waals surface area contributed by atoms with Crippen LogP contribution in [0.3, 0.4) is 0 Å². The Kier molecular flexibility index (Phi) is 8.02. The smallest absolute Gasteiger partial charge is 0.0784 e. The summed E-state index contributed by atoms with van der Waals surface area (Å²) >= 11 is 0. The van der Waals surface area contributed by atoms with Crippen LogP contribution in [0.1, 0.15) is 34.7 Å². The lowest BCUT2D eigenvalue weighted by Gasteiger charge is -2.28. The minimum Gasteiger partial charge on any atom is -0.323 e. The zero-order valence-electron chi connectivity index (χ0n) is 19.8. The second-order valence-electron chi connectivity index (χ2n) is 9.44. The topological polar surface area (TPSA) is 44.9 Å². The van der Waals surface area contributed by atoms with E-state index in [-0.39, 0.29) is 0 Å². The zero-order chi connectivity index (χ0) is 22.5. The van der Waals surface area contributed by atoms with E-state index in [1.54, 1.807) is 5.19 Å². The molecule has 2 N–H and O–H groups in total. The molecule has 2 aromatic carbocycles. The molecule has 0 aliphatic rings. The van der Waals surface area contributed by atoms with Crippen LogP contribution in [-0.4, -0.2) is 51.8 Å². The number of nitrogens with two attached hydrogens (primary N) is 1.